The third-order valence-electron chi connectivity index (χ3n) is 3.40. The zero-order chi connectivity index (χ0) is 14.1. The number of aromatic nitrogens is 2. The number of ether oxygens (including phenoxy) is 1. The maximum Gasteiger partial charge on any atom is 0.180 e. The molecule has 3 aromatic rings. The molecule has 3 rings (SSSR count). The third kappa shape index (κ3) is 2.16. The fourth-order valence-electron chi connectivity index (χ4n) is 2.49. The van der Waals surface area contributed by atoms with Gasteiger partial charge >= 0.3 is 0 Å². The average Bonchev–Trinajstić information content (AvgIpc) is 2.83. The molecule has 3 nitrogen and oxygen atoms in total. The van der Waals surface area contributed by atoms with Crippen molar-refractivity contribution in [3.8, 4) is 17.0 Å². The van der Waals surface area contributed by atoms with Crippen LogP contribution < -0.4 is 4.74 Å². The predicted molar refractivity (Wildman–Crippen MR) is 81.3 cm³/mol. The van der Waals surface area contributed by atoms with Gasteiger partial charge < -0.3 is 9.14 Å². The molecule has 0 atom stereocenters. The molecule has 0 bridgehead atoms. The summed E-state index contributed by atoms with van der Waals surface area (Å²) >= 11 is 0. The van der Waals surface area contributed by atoms with E-state index in [1.807, 2.05) is 29.7 Å². The molecule has 0 radical (unpaired) electrons. The minimum Gasteiger partial charge on any atom is -0.490 e. The first-order chi connectivity index (χ1) is 9.69. The van der Waals surface area contributed by atoms with Crippen LogP contribution in [0.3, 0.4) is 0 Å². The van der Waals surface area contributed by atoms with Crippen LogP contribution in [0.4, 0.5) is 0 Å². The van der Waals surface area contributed by atoms with Crippen molar-refractivity contribution in [2.24, 2.45) is 0 Å². The lowest BCUT2D eigenvalue weighted by atomic mass is 10.0. The van der Waals surface area contributed by atoms with Crippen LogP contribution in [0.1, 0.15) is 18.1 Å². The molecular weight excluding hydrogens is 248 g/mol. The minimum atomic E-state index is 0.644. The van der Waals surface area contributed by atoms with Crippen LogP contribution in [0, 0.1) is 13.8 Å². The zero-order valence-corrected chi connectivity index (χ0v) is 12.1. The Labute approximate surface area is 118 Å². The van der Waals surface area contributed by atoms with E-state index in [0.29, 0.717) is 6.61 Å². The van der Waals surface area contributed by atoms with Gasteiger partial charge in [-0.25, -0.2) is 4.98 Å². The van der Waals surface area contributed by atoms with Crippen molar-refractivity contribution in [2.75, 3.05) is 6.61 Å². The topological polar surface area (TPSA) is 26.5 Å². The van der Waals surface area contributed by atoms with Crippen LogP contribution in [0.25, 0.3) is 16.9 Å². The number of aryl methyl sites for hydroxylation is 2. The summed E-state index contributed by atoms with van der Waals surface area (Å²) in [6.07, 6.45) is 4.05. The van der Waals surface area contributed by atoms with Crippen molar-refractivity contribution in [3.05, 3.63) is 53.9 Å². The van der Waals surface area contributed by atoms with Gasteiger partial charge in [-0.2, -0.15) is 0 Å². The highest BCUT2D eigenvalue weighted by Crippen LogP contribution is 2.27. The van der Waals surface area contributed by atoms with Crippen LogP contribution >= 0.6 is 0 Å². The van der Waals surface area contributed by atoms with E-state index < -0.39 is 0 Å². The van der Waals surface area contributed by atoms with Gasteiger partial charge in [-0.05, 0) is 38.5 Å². The molecule has 0 saturated heterocycles. The first kappa shape index (κ1) is 12.7. The number of rotatable bonds is 3. The second kappa shape index (κ2) is 5.00. The number of nitrogens with zero attached hydrogens (tertiary/aromatic N) is 2. The Morgan fingerprint density at radius 3 is 2.80 bits per heavy atom. The SMILES string of the molecule is CCOc1cccn2cc(-c3ccc(C)cc3C)nc12. The van der Waals surface area contributed by atoms with Crippen LogP contribution in [0.5, 0.6) is 5.75 Å². The fourth-order valence-corrected chi connectivity index (χ4v) is 2.49. The lowest BCUT2D eigenvalue weighted by Gasteiger charge is -2.03. The Bertz CT molecular complexity index is 759. The highest BCUT2D eigenvalue weighted by molar-refractivity contribution is 5.68. The van der Waals surface area contributed by atoms with Crippen molar-refractivity contribution >= 4 is 5.65 Å². The summed E-state index contributed by atoms with van der Waals surface area (Å²) in [5.41, 5.74) is 5.53. The Morgan fingerprint density at radius 1 is 1.20 bits per heavy atom. The lowest BCUT2D eigenvalue weighted by molar-refractivity contribution is 0.342. The summed E-state index contributed by atoms with van der Waals surface area (Å²) in [7, 11) is 0. The fraction of sp³-hybridized carbons (Fsp3) is 0.235. The summed E-state index contributed by atoms with van der Waals surface area (Å²) in [5.74, 6) is 0.825. The standard InChI is InChI=1S/C17H18N2O/c1-4-20-16-6-5-9-19-11-15(18-17(16)19)14-8-7-12(2)10-13(14)3/h5-11H,4H2,1-3H3. The van der Waals surface area contributed by atoms with Crippen molar-refractivity contribution in [3.63, 3.8) is 0 Å². The Hall–Kier alpha value is -2.29. The van der Waals surface area contributed by atoms with Gasteiger partial charge in [0.25, 0.3) is 0 Å². The van der Waals surface area contributed by atoms with E-state index in [2.05, 4.69) is 38.2 Å². The predicted octanol–water partition coefficient (Wildman–Crippen LogP) is 4.02. The van der Waals surface area contributed by atoms with E-state index in [4.69, 9.17) is 9.72 Å². The number of imidazole rings is 1. The second-order valence-corrected chi connectivity index (χ2v) is 4.98. The summed E-state index contributed by atoms with van der Waals surface area (Å²) in [4.78, 5) is 4.73. The summed E-state index contributed by atoms with van der Waals surface area (Å²) in [6, 6.07) is 10.4. The molecule has 0 aliphatic heterocycles. The molecule has 0 saturated carbocycles. The molecule has 0 unspecified atom stereocenters. The summed E-state index contributed by atoms with van der Waals surface area (Å²) in [6.45, 7) is 6.85. The number of fused-ring (bicyclic) bond motifs is 1. The van der Waals surface area contributed by atoms with E-state index in [0.717, 1.165) is 17.1 Å². The molecule has 102 valence electrons. The van der Waals surface area contributed by atoms with Gasteiger partial charge in [0, 0.05) is 18.0 Å². The van der Waals surface area contributed by atoms with Gasteiger partial charge in [-0.3, -0.25) is 0 Å². The molecule has 0 N–H and O–H groups in total. The van der Waals surface area contributed by atoms with Crippen molar-refractivity contribution in [1.82, 2.24) is 9.38 Å². The normalized spacial score (nSPS) is 10.9. The Balaban J connectivity index is 2.15. The van der Waals surface area contributed by atoms with E-state index in [9.17, 15) is 0 Å². The molecule has 0 spiro atoms. The second-order valence-electron chi connectivity index (χ2n) is 4.98. The molecule has 1 aromatic carbocycles. The first-order valence-corrected chi connectivity index (χ1v) is 6.87. The van der Waals surface area contributed by atoms with Crippen LogP contribution in [0.15, 0.2) is 42.7 Å². The van der Waals surface area contributed by atoms with Crippen molar-refractivity contribution < 1.29 is 4.74 Å². The van der Waals surface area contributed by atoms with Crippen molar-refractivity contribution in [2.45, 2.75) is 20.8 Å². The van der Waals surface area contributed by atoms with E-state index >= 15 is 0 Å². The molecule has 0 aliphatic rings. The molecule has 0 fully saturated rings. The molecular formula is C17H18N2O. The largest absolute Gasteiger partial charge is 0.490 e. The zero-order valence-electron chi connectivity index (χ0n) is 12.1. The molecule has 3 heteroatoms. The number of hydrogen-bond donors (Lipinski definition) is 0. The van der Waals surface area contributed by atoms with E-state index in [1.54, 1.807) is 0 Å². The molecule has 0 aliphatic carbocycles. The summed E-state index contributed by atoms with van der Waals surface area (Å²) < 4.78 is 7.65. The van der Waals surface area contributed by atoms with Crippen LogP contribution in [0.2, 0.25) is 0 Å². The smallest absolute Gasteiger partial charge is 0.180 e. The quantitative estimate of drug-likeness (QED) is 0.716. The first-order valence-electron chi connectivity index (χ1n) is 6.87. The maximum atomic E-state index is 5.63. The van der Waals surface area contributed by atoms with Gasteiger partial charge in [0.2, 0.25) is 0 Å². The van der Waals surface area contributed by atoms with Gasteiger partial charge in [0.1, 0.15) is 0 Å². The number of pyridine rings is 1. The highest BCUT2D eigenvalue weighted by Gasteiger charge is 2.10. The lowest BCUT2D eigenvalue weighted by Crippen LogP contribution is -1.94. The van der Waals surface area contributed by atoms with E-state index in [1.165, 1.54) is 16.7 Å². The van der Waals surface area contributed by atoms with Crippen LogP contribution in [-0.2, 0) is 0 Å². The molecule has 2 heterocycles. The van der Waals surface area contributed by atoms with E-state index in [-0.39, 0.29) is 0 Å². The van der Waals surface area contributed by atoms with Crippen molar-refractivity contribution in [1.29, 1.82) is 0 Å². The van der Waals surface area contributed by atoms with Gasteiger partial charge in [-0.15, -0.1) is 0 Å². The Kier molecular flexibility index (Phi) is 3.18. The average molecular weight is 266 g/mol. The molecule has 0 amide bonds. The number of benzene rings is 1. The Morgan fingerprint density at radius 2 is 2.05 bits per heavy atom. The highest BCUT2D eigenvalue weighted by atomic mass is 16.5. The monoisotopic (exact) mass is 266 g/mol. The molecule has 20 heavy (non-hydrogen) atoms. The van der Waals surface area contributed by atoms with Gasteiger partial charge in [-0.1, -0.05) is 23.8 Å². The molecule has 2 aromatic heterocycles. The van der Waals surface area contributed by atoms with Gasteiger partial charge in [0.15, 0.2) is 11.4 Å². The third-order valence-corrected chi connectivity index (χ3v) is 3.40. The summed E-state index contributed by atoms with van der Waals surface area (Å²) in [5, 5.41) is 0. The number of hydrogen-bond acceptors (Lipinski definition) is 2. The van der Waals surface area contributed by atoms with Gasteiger partial charge in [0.05, 0.1) is 12.3 Å². The minimum absolute atomic E-state index is 0.644. The maximum absolute atomic E-state index is 5.63. The van der Waals surface area contributed by atoms with Crippen LogP contribution in [-0.4, -0.2) is 16.0 Å².